The SMILES string of the molecule is CCOC(=O)n1nc(Nc2nc(OCC)ncc2F)c2c1C(C)(C)N(C(=O)O)C2.CCOc1ncc(F)c(Nc2n[nH]c3c2CN(C(=O)N2C[C@@H](C)N(C4CCOCC4)C[C@@H]2C)C3(C)C)n1.C[C@@H]1CC[C@@H](C)N(C2CCOCC2)C1.C[C@@H]1CN(Cc2ccccc2)[C@@H](C)CN1.C[C@@H]1CN(Cc2ccccc2)[C@@H](C)CN1C1CCOCC1.O=C1CCOCC1.[H-].[K+].[K][K].[K][K].[K][K].[K][K].[K][K].[K][K].[K][K].[K][K].[K][K].[K][K]. The second kappa shape index (κ2) is 105. The molecular weight excluding hydrogens is 2400 g/mol. The third-order valence-electron chi connectivity index (χ3n) is 25.4. The number of nitrogens with zero attached hydrogens (tertiary/aromatic N) is 15. The van der Waals surface area contributed by atoms with Crippen molar-refractivity contribution in [1.29, 1.82) is 0 Å². The molecule has 0 radical (unpaired) electrons. The zero-order chi connectivity index (χ0) is 108. The standard InChI is InChI=1S/C25H37FN8O3.C18H28N2O.C17H21FN6O5.C13H20N2.C12H23NO.C5H8O2.21K.H/c1-6-37-23-27-11-19(26)22(29-23)28-21-18-14-34(25(4,5)20(18)30-31-21)24(35)33-13-15(2)32(12-16(33)3)17-7-9-36-10-8-17;1-15-13-20(18-8-10-21-11-9-18)16(2)12-19(15)14-17-6-4-3-5-7-17;1-5-28-14-19-7-10(18)13(21-14)20-12-9-8-23(15(25)26)17(3,4)11(9)24(22-12)16(27)29-6-2;1-11-9-15(12(2)8-14-11)10-13-6-4-3-5-7-13;1-10-3-4-11(2)13(9-10)12-5-7-14-8-6-12;6-5-1-3-7-4-2-5;;;;;;;;;;;;;;;;;;;;;;/h11,15-17H,6-10,12-14H2,1-5H3,(H2,27,28,29,30,31);3-7,15-16,18H,8-14H2,1-2H3;7H,5-6,8H2,1-4H3,(H,25,26)(H,19,20,21,22);3-7,11-12,14H,8-10H2,1-2H3;10-12H,3-9H2,1-2H3;1-4H2;;;;;;;;;;;;;;;;;;;;;;/q;;;;;;;;;;;;;;;;;;;;;;;;;;+1;-1/t2*15-,16+;;11-,12+;10-,11-;;;;;;;;;;;;;;;;;;;;;;;/m10.11......................./s1. The molecule has 2 aromatic carbocycles. The Morgan fingerprint density at radius 2 is 0.903 bits per heavy atom. The molecular formula is C90H138F2K21N19O12. The topological polar surface area (TPSA) is 313 Å². The molecule has 8 saturated heterocycles. The number of H-pyrrole nitrogens is 1. The van der Waals surface area contributed by atoms with Crippen LogP contribution < -0.4 is 76.8 Å². The predicted octanol–water partition coefficient (Wildman–Crippen LogP) is 2.69. The van der Waals surface area contributed by atoms with E-state index < -0.39 is 34.9 Å². The summed E-state index contributed by atoms with van der Waals surface area (Å²) in [6, 6.07) is 27.4. The molecule has 31 nitrogen and oxygen atoms in total. The number of hydrogen-bond acceptors (Lipinski definition) is 25. The molecule has 0 saturated carbocycles. The number of ketones is 1. The van der Waals surface area contributed by atoms with Crippen molar-refractivity contribution >= 4 is 679 Å². The van der Waals surface area contributed by atoms with Gasteiger partial charge in [-0.25, -0.2) is 33.1 Å². The number of piperidine rings is 1. The first-order valence-corrected chi connectivity index (χ1v) is 215. The third-order valence-corrected chi connectivity index (χ3v) is 25.4. The number of fused-ring (bicyclic) bond motifs is 2. The van der Waals surface area contributed by atoms with E-state index >= 15 is 0 Å². The molecule has 8 fully saturated rings. The molecule has 0 bridgehead atoms. The maximum atomic E-state index is 14.4. The maximum absolute atomic E-state index is 14.4. The number of urea groups is 1. The summed E-state index contributed by atoms with van der Waals surface area (Å²) >= 11 is 25.0. The number of amides is 3. The number of rotatable bonds is 16. The van der Waals surface area contributed by atoms with Crippen LogP contribution in [0.2, 0.25) is 0 Å². The van der Waals surface area contributed by atoms with Crippen LogP contribution in [0, 0.1) is 17.6 Å². The van der Waals surface area contributed by atoms with E-state index in [-0.39, 0.29) is 114 Å². The summed E-state index contributed by atoms with van der Waals surface area (Å²) in [6.07, 6.45) is 11.1. The van der Waals surface area contributed by atoms with Gasteiger partial charge in [0.15, 0.2) is 34.9 Å². The van der Waals surface area contributed by atoms with Crippen LogP contribution in [0.5, 0.6) is 12.0 Å². The van der Waals surface area contributed by atoms with Gasteiger partial charge in [-0.1, -0.05) is 67.6 Å². The number of anilines is 4. The van der Waals surface area contributed by atoms with Crippen LogP contribution in [0.1, 0.15) is 203 Å². The average molecular weight is 2540 g/mol. The van der Waals surface area contributed by atoms with Gasteiger partial charge in [0.25, 0.3) is 0 Å². The van der Waals surface area contributed by atoms with Crippen LogP contribution in [0.4, 0.5) is 46.4 Å². The van der Waals surface area contributed by atoms with Crippen molar-refractivity contribution in [2.24, 2.45) is 5.92 Å². The van der Waals surface area contributed by atoms with E-state index in [1.54, 1.807) is 34.6 Å². The molecule has 5 N–H and O–H groups in total. The molecule has 3 amide bonds. The van der Waals surface area contributed by atoms with Gasteiger partial charge in [0, 0.05) is 183 Å². The van der Waals surface area contributed by atoms with Crippen molar-refractivity contribution in [3.05, 3.63) is 118 Å². The minimum atomic E-state index is -1.17. The van der Waals surface area contributed by atoms with Crippen LogP contribution >= 0.6 is 0 Å². The number of Topliss-reactive ketones (excluding diaryl/α,β-unsaturated/α-hetero) is 1. The van der Waals surface area contributed by atoms with Crippen molar-refractivity contribution in [3.63, 3.8) is 0 Å². The quantitative estimate of drug-likeness (QED) is 0.0870. The molecule has 10 aliphatic rings. The minimum absolute atomic E-state index is 0. The second-order valence-electron chi connectivity index (χ2n) is 35.2. The number of carbonyl (C=O) groups excluding carboxylic acids is 3. The number of piperazine rings is 3. The van der Waals surface area contributed by atoms with Crippen LogP contribution in [0.3, 0.4) is 0 Å². The van der Waals surface area contributed by atoms with Gasteiger partial charge in [-0.15, -0.1) is 5.10 Å². The zero-order valence-corrected chi connectivity index (χ0v) is 162. The molecule has 16 rings (SSSR count). The average Bonchev–Trinajstić information content (AvgIpc) is 1.57. The van der Waals surface area contributed by atoms with E-state index in [0.29, 0.717) is 105 Å². The Labute approximate surface area is 1360 Å². The summed E-state index contributed by atoms with van der Waals surface area (Å²) in [5.74, 6) is 0.138. The van der Waals surface area contributed by atoms with E-state index in [1.165, 1.54) is 701 Å². The summed E-state index contributed by atoms with van der Waals surface area (Å²) in [4.78, 5) is 82.3. The third kappa shape index (κ3) is 63.1. The van der Waals surface area contributed by atoms with Gasteiger partial charge in [-0.2, -0.15) is 19.7 Å². The van der Waals surface area contributed by atoms with E-state index in [0.717, 1.165) is 142 Å². The fourth-order valence-electron chi connectivity index (χ4n) is 18.3. The fourth-order valence-corrected chi connectivity index (χ4v) is 18.3. The first-order chi connectivity index (χ1) is 69.1. The molecule has 54 heteroatoms. The number of carboxylic acid groups (broad SMARTS) is 1. The van der Waals surface area contributed by atoms with Crippen molar-refractivity contribution in [1.82, 2.24) is 84.4 Å². The Hall–Kier alpha value is 25.7. The molecule has 8 atom stereocenters. The second-order valence-corrected chi connectivity index (χ2v) is 35.2. The van der Waals surface area contributed by atoms with Gasteiger partial charge in [-0.05, 0) is 165 Å². The van der Waals surface area contributed by atoms with Gasteiger partial charge in [0.05, 0.1) is 81.0 Å². The van der Waals surface area contributed by atoms with E-state index in [9.17, 15) is 33.1 Å². The molecule has 700 valence electrons. The van der Waals surface area contributed by atoms with Gasteiger partial charge < -0.3 is 65.4 Å². The number of hydrogen-bond donors (Lipinski definition) is 5. The number of benzene rings is 2. The summed E-state index contributed by atoms with van der Waals surface area (Å²) in [5, 5.41) is 30.4. The van der Waals surface area contributed by atoms with Crippen molar-refractivity contribution < 1.29 is 119 Å². The molecule has 144 heavy (non-hydrogen) atoms. The normalized spacial score (nSPS) is 21.6. The number of aromatic amines is 1. The van der Waals surface area contributed by atoms with Gasteiger partial charge >= 0.3 is 713 Å². The molecule has 4 aromatic heterocycles. The summed E-state index contributed by atoms with van der Waals surface area (Å²) in [7, 11) is 0. The van der Waals surface area contributed by atoms with Crippen molar-refractivity contribution in [2.75, 3.05) is 129 Å². The first-order valence-electron chi connectivity index (χ1n) is 54.8. The number of halogens is 2. The molecule has 0 aliphatic carbocycles. The monoisotopic (exact) mass is 2530 g/mol. The van der Waals surface area contributed by atoms with E-state index in [1.807, 2.05) is 23.6 Å². The van der Waals surface area contributed by atoms with Gasteiger partial charge in [-0.3, -0.25) is 39.3 Å². The van der Waals surface area contributed by atoms with Crippen LogP contribution in [0.25, 0.3) is 0 Å². The van der Waals surface area contributed by atoms with E-state index in [4.69, 9.17) is 33.2 Å². The Bertz CT molecular complexity index is 4410. The molecule has 0 unspecified atom stereocenters. The summed E-state index contributed by atoms with van der Waals surface area (Å²) in [6.45, 7) is 48.3. The molecule has 10 aliphatic heterocycles. The number of aromatic nitrogens is 8. The van der Waals surface area contributed by atoms with Crippen LogP contribution in [-0.2, 0) is 65.7 Å². The number of carbonyl (C=O) groups is 4. The van der Waals surface area contributed by atoms with E-state index in [2.05, 4.69) is 192 Å². The first kappa shape index (κ1) is 170. The van der Waals surface area contributed by atoms with Gasteiger partial charge in [0.2, 0.25) is 0 Å². The predicted molar refractivity (Wildman–Crippen MR) is 583 cm³/mol. The Kier molecular flexibility index (Phi) is 124. The zero-order valence-electron chi connectivity index (χ0n) is 97.3. The fraction of sp³-hybridized carbons (Fsp3) is 0.667. The molecule has 0 spiro atoms. The van der Waals surface area contributed by atoms with Crippen molar-refractivity contribution in [2.45, 2.75) is 266 Å². The summed E-state index contributed by atoms with van der Waals surface area (Å²) in [5.41, 5.74) is 3.55. The Morgan fingerprint density at radius 1 is 0.486 bits per heavy atom. The van der Waals surface area contributed by atoms with Crippen molar-refractivity contribution in [3.8, 4) is 12.0 Å². The Morgan fingerprint density at radius 3 is 1.33 bits per heavy atom. The molecule has 6 aromatic rings. The molecule has 14 heterocycles. The number of ether oxygens (including phenoxy) is 7. The number of nitrogens with one attached hydrogen (secondary N) is 4. The van der Waals surface area contributed by atoms with Gasteiger partial charge in [0.1, 0.15) is 5.78 Å². The summed E-state index contributed by atoms with van der Waals surface area (Å²) < 4.78 is 66.6. The Balaban J connectivity index is 0. The number of likely N-dealkylation sites (tertiary alicyclic amines) is 1. The van der Waals surface area contributed by atoms with Crippen LogP contribution in [0.15, 0.2) is 73.1 Å². The van der Waals surface area contributed by atoms with Crippen LogP contribution in [-0.4, -0.2) is 919 Å².